The molecule has 4 aliphatic rings. The lowest BCUT2D eigenvalue weighted by atomic mass is 9.78. The molecule has 2 aromatic rings. The number of allylic oxidation sites excluding steroid dienone is 3. The highest BCUT2D eigenvalue weighted by molar-refractivity contribution is 8.00. The summed E-state index contributed by atoms with van der Waals surface area (Å²) >= 11 is 1.32. The van der Waals surface area contributed by atoms with Gasteiger partial charge in [0.25, 0.3) is 5.56 Å². The lowest BCUT2D eigenvalue weighted by Gasteiger charge is -2.33. The number of aromatic amines is 1. The van der Waals surface area contributed by atoms with Crippen molar-refractivity contribution in [2.24, 2.45) is 0 Å². The number of aromatic nitrogens is 1. The van der Waals surface area contributed by atoms with Crippen molar-refractivity contribution in [3.8, 4) is 11.5 Å². The number of aliphatic hydroxyl groups excluding tert-OH is 2. The van der Waals surface area contributed by atoms with Crippen LogP contribution in [0.15, 0.2) is 60.4 Å². The minimum atomic E-state index is -2.03. The second-order valence-corrected chi connectivity index (χ2v) is 12.2. The first kappa shape index (κ1) is 30.1. The van der Waals surface area contributed by atoms with Gasteiger partial charge in [0.15, 0.2) is 11.2 Å². The molecule has 0 saturated carbocycles. The van der Waals surface area contributed by atoms with Gasteiger partial charge in [-0.25, -0.2) is 0 Å². The molecule has 5 N–H and O–H groups in total. The molecule has 2 atom stereocenters. The van der Waals surface area contributed by atoms with Crippen molar-refractivity contribution >= 4 is 40.1 Å². The Labute approximate surface area is 257 Å². The zero-order valence-corrected chi connectivity index (χ0v) is 25.3. The lowest BCUT2D eigenvalue weighted by molar-refractivity contribution is 0.366. The fourth-order valence-corrected chi connectivity index (χ4v) is 8.14. The number of hydrogen-bond acceptors (Lipinski definition) is 11. The fourth-order valence-electron chi connectivity index (χ4n) is 6.65. The molecule has 1 heterocycles. The van der Waals surface area contributed by atoms with Gasteiger partial charge in [-0.05, 0) is 43.5 Å². The van der Waals surface area contributed by atoms with Gasteiger partial charge in [0.1, 0.15) is 22.7 Å². The predicted molar refractivity (Wildman–Crippen MR) is 173 cm³/mol. The Morgan fingerprint density at radius 3 is 2.31 bits per heavy atom. The second kappa shape index (κ2) is 10.9. The average molecular weight is 629 g/mol. The summed E-state index contributed by atoms with van der Waals surface area (Å²) in [7, 11) is 2.88. The first-order valence-corrected chi connectivity index (χ1v) is 15.1. The Bertz CT molecular complexity index is 2480. The highest BCUT2D eigenvalue weighted by Crippen LogP contribution is 2.57. The maximum Gasteiger partial charge on any atom is 0.260 e. The first-order valence-electron chi connectivity index (χ1n) is 14.1. The number of thioether (sulfide) groups is 1. The van der Waals surface area contributed by atoms with Crippen molar-refractivity contribution in [3.05, 3.63) is 125 Å². The van der Waals surface area contributed by atoms with Crippen LogP contribution in [0.2, 0.25) is 0 Å². The average Bonchev–Trinajstić information content (AvgIpc) is 3.45. The number of methoxy groups -OCH3 is 1. The van der Waals surface area contributed by atoms with Gasteiger partial charge in [0, 0.05) is 34.9 Å². The van der Waals surface area contributed by atoms with Crippen molar-refractivity contribution < 1.29 is 20.1 Å². The summed E-state index contributed by atoms with van der Waals surface area (Å²) in [5, 5.41) is 35.6. The van der Waals surface area contributed by atoms with Crippen molar-refractivity contribution in [1.82, 2.24) is 10.3 Å². The van der Waals surface area contributed by atoms with E-state index in [1.807, 2.05) is 13.0 Å². The van der Waals surface area contributed by atoms with E-state index < -0.39 is 81.8 Å². The number of rotatable bonds is 7. The van der Waals surface area contributed by atoms with Gasteiger partial charge < -0.3 is 30.4 Å². The summed E-state index contributed by atoms with van der Waals surface area (Å²) in [5.74, 6) is -1.99. The van der Waals surface area contributed by atoms with E-state index in [1.54, 1.807) is 37.4 Å². The molecule has 0 bridgehead atoms. The number of aromatic hydroxyl groups is 1. The van der Waals surface area contributed by atoms with E-state index in [1.165, 1.54) is 11.8 Å². The number of phenolic OH excluding ortho intramolecular Hbond substituents is 1. The molecule has 0 radical (unpaired) electrons. The molecule has 0 saturated heterocycles. The Hall–Kier alpha value is -4.94. The Balaban J connectivity index is 1.77. The quantitative estimate of drug-likeness (QED) is 0.138. The zero-order chi connectivity index (χ0) is 32.4. The predicted octanol–water partition coefficient (Wildman–Crippen LogP) is 0.0341. The van der Waals surface area contributed by atoms with Crippen molar-refractivity contribution in [2.45, 2.75) is 24.0 Å². The van der Waals surface area contributed by atoms with Crippen LogP contribution in [0, 0.1) is 10.4 Å². The molecule has 4 aliphatic carbocycles. The van der Waals surface area contributed by atoms with Crippen LogP contribution in [-0.2, 0) is 11.8 Å². The monoisotopic (exact) mass is 628 g/mol. The van der Waals surface area contributed by atoms with Crippen LogP contribution in [0.25, 0.3) is 28.4 Å². The third-order valence-electron chi connectivity index (χ3n) is 8.55. The maximum atomic E-state index is 13.9. The Kier molecular flexibility index (Phi) is 7.29. The summed E-state index contributed by atoms with van der Waals surface area (Å²) in [4.78, 5) is 69.9. The number of hydrogen-bond donors (Lipinski definition) is 5. The van der Waals surface area contributed by atoms with Crippen LogP contribution in [-0.4, -0.2) is 52.0 Å². The molecule has 230 valence electrons. The largest absolute Gasteiger partial charge is 0.510 e. The normalized spacial score (nSPS) is 19.1. The smallest absolute Gasteiger partial charge is 0.260 e. The zero-order valence-electron chi connectivity index (χ0n) is 24.4. The molecular formula is C33H28N2O9S. The van der Waals surface area contributed by atoms with E-state index in [9.17, 15) is 39.3 Å². The van der Waals surface area contributed by atoms with Gasteiger partial charge in [-0.1, -0.05) is 24.3 Å². The number of H-pyrrole nitrogens is 1. The van der Waals surface area contributed by atoms with E-state index >= 15 is 0 Å². The highest BCUT2D eigenvalue weighted by atomic mass is 32.2. The van der Waals surface area contributed by atoms with Crippen molar-refractivity contribution in [1.29, 1.82) is 0 Å². The second-order valence-electron chi connectivity index (χ2n) is 10.9. The Morgan fingerprint density at radius 2 is 1.67 bits per heavy atom. The number of ether oxygens (including phenoxy) is 1. The van der Waals surface area contributed by atoms with E-state index in [0.29, 0.717) is 28.9 Å². The van der Waals surface area contributed by atoms with Gasteiger partial charge in [0.2, 0.25) is 16.3 Å². The SMILES string of the molecule is CC=CC=Cc1cc2cc3c(c(O)c2c(=O)[nH]1)[C@@]1(C(O)=c2c(=O)c4c(=O)cc(OC)c(=O)c=4c(=O)c2=C1O)C(SCCNC)C3. The number of benzene rings is 1. The number of aliphatic hydroxyl groups is 2. The minimum absolute atomic E-state index is 0.0315. The highest BCUT2D eigenvalue weighted by Gasteiger charge is 2.59. The topological polar surface area (TPSA) is 183 Å². The molecule has 0 aliphatic heterocycles. The Morgan fingerprint density at radius 1 is 0.978 bits per heavy atom. The van der Waals surface area contributed by atoms with Crippen LogP contribution >= 0.6 is 11.8 Å². The summed E-state index contributed by atoms with van der Waals surface area (Å²) < 4.78 is 4.95. The molecule has 6 rings (SSSR count). The molecule has 45 heavy (non-hydrogen) atoms. The molecule has 12 heteroatoms. The maximum absolute atomic E-state index is 13.9. The molecule has 1 aromatic carbocycles. The van der Waals surface area contributed by atoms with Crippen molar-refractivity contribution in [2.75, 3.05) is 26.5 Å². The molecular weight excluding hydrogens is 600 g/mol. The third-order valence-corrected chi connectivity index (χ3v) is 9.91. The molecule has 0 amide bonds. The number of pyridine rings is 1. The van der Waals surface area contributed by atoms with Gasteiger partial charge in [-0.15, -0.1) is 0 Å². The van der Waals surface area contributed by atoms with E-state index in [0.717, 1.165) is 13.2 Å². The fraction of sp³-hybridized carbons (Fsp3) is 0.242. The van der Waals surface area contributed by atoms with Gasteiger partial charge in [-0.2, -0.15) is 11.8 Å². The van der Waals surface area contributed by atoms with Crippen LogP contribution in [0.1, 0.15) is 23.7 Å². The molecule has 1 unspecified atom stereocenters. The molecule has 0 fully saturated rings. The number of nitrogens with one attached hydrogen (secondary N) is 2. The van der Waals surface area contributed by atoms with Crippen LogP contribution in [0.5, 0.6) is 11.5 Å². The van der Waals surface area contributed by atoms with Gasteiger partial charge in [0.05, 0.1) is 33.4 Å². The van der Waals surface area contributed by atoms with E-state index in [-0.39, 0.29) is 17.4 Å². The molecule has 11 nitrogen and oxygen atoms in total. The summed E-state index contributed by atoms with van der Waals surface area (Å²) in [6.07, 6.45) is 7.21. The van der Waals surface area contributed by atoms with Crippen molar-refractivity contribution in [3.63, 3.8) is 0 Å². The standard InChI is InChI=1S/C33H28N2O9S/c1-4-5-6-7-16-11-14-10-15-12-19(45-9-8-34-2)33(25(15)29(40)20(14)32(43)35-16)30(41)23-24(31(33)42)28(39)22-21(27(23)38)17(36)13-18(44-3)26(22)37/h4-7,10-11,13,19,34,40-42H,8-9,12H2,1-3H3,(H,35,43)/t19?,33-/m1/s1. The number of fused-ring (bicyclic) bond motifs is 4. The summed E-state index contributed by atoms with van der Waals surface area (Å²) in [5.41, 5.74) is -5.93. The van der Waals surface area contributed by atoms with Gasteiger partial charge in [-0.3, -0.25) is 24.0 Å². The van der Waals surface area contributed by atoms with E-state index in [4.69, 9.17) is 4.74 Å². The van der Waals surface area contributed by atoms with Crippen LogP contribution < -0.4 is 47.8 Å². The van der Waals surface area contributed by atoms with Crippen LogP contribution in [0.3, 0.4) is 0 Å². The lowest BCUT2D eigenvalue weighted by Crippen LogP contribution is -2.51. The first-order chi connectivity index (χ1) is 21.5. The molecule has 1 spiro atoms. The summed E-state index contributed by atoms with van der Waals surface area (Å²) in [6, 6.07) is 4.16. The minimum Gasteiger partial charge on any atom is -0.510 e. The van der Waals surface area contributed by atoms with E-state index in [2.05, 4.69) is 10.3 Å². The summed E-state index contributed by atoms with van der Waals surface area (Å²) in [6.45, 7) is 2.38. The number of phenols is 1. The van der Waals surface area contributed by atoms with Crippen LogP contribution in [0.4, 0.5) is 0 Å². The third kappa shape index (κ3) is 4.05. The molecule has 1 aromatic heterocycles. The van der Waals surface area contributed by atoms with Gasteiger partial charge >= 0.3 is 0 Å².